The van der Waals surface area contributed by atoms with E-state index in [-0.39, 0.29) is 30.8 Å². The molecule has 0 aromatic heterocycles. The summed E-state index contributed by atoms with van der Waals surface area (Å²) in [5.74, 6) is -2.30. The summed E-state index contributed by atoms with van der Waals surface area (Å²) < 4.78 is 10.7. The quantitative estimate of drug-likeness (QED) is 0.310. The van der Waals surface area contributed by atoms with Crippen molar-refractivity contribution in [2.24, 2.45) is 0 Å². The van der Waals surface area contributed by atoms with Gasteiger partial charge in [-0.25, -0.2) is 9.59 Å². The van der Waals surface area contributed by atoms with Gasteiger partial charge in [-0.2, -0.15) is 0 Å². The number of aromatic carboxylic acids is 2. The van der Waals surface area contributed by atoms with Crippen LogP contribution in [0.3, 0.4) is 0 Å². The number of carbonyl (C=O) groups is 2. The molecule has 0 amide bonds. The van der Waals surface area contributed by atoms with Crippen molar-refractivity contribution in [2.45, 2.75) is 38.5 Å². The molecule has 28 heavy (non-hydrogen) atoms. The number of aryl methyl sites for hydroxylation is 1. The Balaban J connectivity index is 2.84. The number of rotatable bonds is 16. The lowest BCUT2D eigenvalue weighted by Gasteiger charge is -2.15. The second kappa shape index (κ2) is 14.1. The van der Waals surface area contributed by atoms with Gasteiger partial charge >= 0.3 is 11.9 Å². The van der Waals surface area contributed by atoms with Crippen molar-refractivity contribution in [2.75, 3.05) is 39.6 Å². The van der Waals surface area contributed by atoms with E-state index in [0.29, 0.717) is 69.7 Å². The molecule has 0 unspecified atom stereocenters. The van der Waals surface area contributed by atoms with E-state index in [1.165, 1.54) is 6.07 Å². The maximum absolute atomic E-state index is 11.9. The zero-order valence-corrected chi connectivity index (χ0v) is 16.1. The molecular weight excluding hydrogens is 368 g/mol. The molecule has 0 saturated carbocycles. The summed E-state index contributed by atoms with van der Waals surface area (Å²) in [7, 11) is 0. The Bertz CT molecular complexity index is 614. The lowest BCUT2D eigenvalue weighted by molar-refractivity contribution is 0.0692. The highest BCUT2D eigenvalue weighted by atomic mass is 16.5. The number of benzene rings is 1. The Morgan fingerprint density at radius 1 is 0.750 bits per heavy atom. The molecule has 0 heterocycles. The summed E-state index contributed by atoms with van der Waals surface area (Å²) in [4.78, 5) is 23.4. The van der Waals surface area contributed by atoms with Crippen molar-refractivity contribution in [1.82, 2.24) is 0 Å². The zero-order valence-electron chi connectivity index (χ0n) is 16.1. The van der Waals surface area contributed by atoms with E-state index in [1.807, 2.05) is 0 Å². The van der Waals surface area contributed by atoms with Crippen molar-refractivity contribution >= 4 is 11.9 Å². The molecule has 8 heteroatoms. The van der Waals surface area contributed by atoms with Gasteiger partial charge in [-0.1, -0.05) is 6.07 Å². The highest BCUT2D eigenvalue weighted by Crippen LogP contribution is 2.23. The summed E-state index contributed by atoms with van der Waals surface area (Å²) >= 11 is 0. The Hall–Kier alpha value is -2.00. The van der Waals surface area contributed by atoms with Crippen molar-refractivity contribution in [3.8, 4) is 0 Å². The fourth-order valence-corrected chi connectivity index (χ4v) is 2.88. The molecule has 0 bridgehead atoms. The molecule has 4 N–H and O–H groups in total. The minimum absolute atomic E-state index is 0.00398. The molecule has 0 aliphatic rings. The SMILES string of the molecule is O=C(O)c1ccc(CCCOCCCO)c(C(=O)O)c1CCCOCCCO. The number of hydrogen-bond donors (Lipinski definition) is 4. The van der Waals surface area contributed by atoms with Crippen LogP contribution in [0.4, 0.5) is 0 Å². The second-order valence-electron chi connectivity index (χ2n) is 6.32. The van der Waals surface area contributed by atoms with E-state index >= 15 is 0 Å². The number of carboxylic acid groups (broad SMARTS) is 2. The van der Waals surface area contributed by atoms with Gasteiger partial charge < -0.3 is 29.9 Å². The van der Waals surface area contributed by atoms with Crippen LogP contribution in [0, 0.1) is 0 Å². The van der Waals surface area contributed by atoms with Crippen molar-refractivity contribution in [3.05, 3.63) is 34.4 Å². The van der Waals surface area contributed by atoms with E-state index in [0.717, 1.165) is 0 Å². The van der Waals surface area contributed by atoms with Gasteiger partial charge in [0.15, 0.2) is 0 Å². The van der Waals surface area contributed by atoms with Crippen LogP contribution in [0.2, 0.25) is 0 Å². The summed E-state index contributed by atoms with van der Waals surface area (Å²) in [6.07, 6.45) is 2.90. The molecule has 1 aromatic rings. The number of ether oxygens (including phenoxy) is 2. The van der Waals surface area contributed by atoms with Crippen LogP contribution < -0.4 is 0 Å². The van der Waals surface area contributed by atoms with Gasteiger partial charge in [0.25, 0.3) is 0 Å². The van der Waals surface area contributed by atoms with E-state index in [4.69, 9.17) is 19.7 Å². The standard InChI is InChI=1S/C20H30O8/c21-9-3-13-27-11-1-5-15-7-8-17(19(23)24)16(18(15)20(25)26)6-2-12-28-14-4-10-22/h7-8,21-22H,1-6,9-14H2,(H,23,24)(H,25,26). The Morgan fingerprint density at radius 3 is 1.79 bits per heavy atom. The van der Waals surface area contributed by atoms with Crippen LogP contribution in [-0.2, 0) is 22.3 Å². The first-order valence-electron chi connectivity index (χ1n) is 9.51. The maximum atomic E-state index is 11.9. The molecule has 0 aliphatic heterocycles. The van der Waals surface area contributed by atoms with Crippen LogP contribution in [0.1, 0.15) is 57.5 Å². The third kappa shape index (κ3) is 8.35. The predicted molar refractivity (Wildman–Crippen MR) is 102 cm³/mol. The molecular formula is C20H30O8. The Morgan fingerprint density at radius 2 is 1.29 bits per heavy atom. The summed E-state index contributed by atoms with van der Waals surface area (Å²) in [6.45, 7) is 1.76. The molecule has 1 aromatic carbocycles. The monoisotopic (exact) mass is 398 g/mol. The fourth-order valence-electron chi connectivity index (χ4n) is 2.88. The molecule has 0 fully saturated rings. The molecule has 0 spiro atoms. The molecule has 8 nitrogen and oxygen atoms in total. The average molecular weight is 398 g/mol. The molecule has 0 aliphatic carbocycles. The minimum atomic E-state index is -1.16. The number of carboxylic acids is 2. The smallest absolute Gasteiger partial charge is 0.336 e. The predicted octanol–water partition coefficient (Wildman–Crippen LogP) is 1.75. The number of aliphatic hydroxyl groups excluding tert-OH is 2. The molecule has 1 rings (SSSR count). The van der Waals surface area contributed by atoms with Gasteiger partial charge in [0.2, 0.25) is 0 Å². The van der Waals surface area contributed by atoms with Gasteiger partial charge in [0, 0.05) is 39.6 Å². The van der Waals surface area contributed by atoms with Crippen LogP contribution in [0.5, 0.6) is 0 Å². The van der Waals surface area contributed by atoms with Gasteiger partial charge in [-0.3, -0.25) is 0 Å². The first-order valence-corrected chi connectivity index (χ1v) is 9.51. The zero-order chi connectivity index (χ0) is 20.8. The third-order valence-electron chi connectivity index (χ3n) is 4.19. The Kier molecular flexibility index (Phi) is 12.1. The summed E-state index contributed by atoms with van der Waals surface area (Å²) in [5, 5.41) is 36.6. The summed E-state index contributed by atoms with van der Waals surface area (Å²) in [5.41, 5.74) is 0.935. The Labute approximate surface area is 164 Å². The lowest BCUT2D eigenvalue weighted by atomic mass is 9.91. The van der Waals surface area contributed by atoms with Crippen LogP contribution in [-0.4, -0.2) is 72.0 Å². The summed E-state index contributed by atoms with van der Waals surface area (Å²) in [6, 6.07) is 3.01. The molecule has 158 valence electrons. The van der Waals surface area contributed by atoms with Crippen LogP contribution in [0.25, 0.3) is 0 Å². The molecule has 0 radical (unpaired) electrons. The number of aliphatic hydroxyl groups is 2. The van der Waals surface area contributed by atoms with E-state index < -0.39 is 11.9 Å². The highest BCUT2D eigenvalue weighted by molar-refractivity contribution is 5.97. The van der Waals surface area contributed by atoms with Crippen LogP contribution in [0.15, 0.2) is 12.1 Å². The van der Waals surface area contributed by atoms with Gasteiger partial charge in [0.05, 0.1) is 11.1 Å². The maximum Gasteiger partial charge on any atom is 0.336 e. The van der Waals surface area contributed by atoms with Gasteiger partial charge in [-0.05, 0) is 55.7 Å². The highest BCUT2D eigenvalue weighted by Gasteiger charge is 2.21. The largest absolute Gasteiger partial charge is 0.478 e. The first kappa shape index (κ1) is 24.0. The second-order valence-corrected chi connectivity index (χ2v) is 6.32. The fraction of sp³-hybridized carbons (Fsp3) is 0.600. The third-order valence-corrected chi connectivity index (χ3v) is 4.19. The minimum Gasteiger partial charge on any atom is -0.478 e. The van der Waals surface area contributed by atoms with Gasteiger partial charge in [-0.15, -0.1) is 0 Å². The molecule has 0 atom stereocenters. The topological polar surface area (TPSA) is 134 Å². The van der Waals surface area contributed by atoms with Crippen molar-refractivity contribution < 1.29 is 39.5 Å². The van der Waals surface area contributed by atoms with Crippen molar-refractivity contribution in [1.29, 1.82) is 0 Å². The normalized spacial score (nSPS) is 10.9. The molecule has 0 saturated heterocycles. The van der Waals surface area contributed by atoms with E-state index in [9.17, 15) is 19.8 Å². The lowest BCUT2D eigenvalue weighted by Crippen LogP contribution is -2.14. The van der Waals surface area contributed by atoms with Crippen LogP contribution >= 0.6 is 0 Å². The first-order chi connectivity index (χ1) is 13.5. The van der Waals surface area contributed by atoms with Crippen molar-refractivity contribution in [3.63, 3.8) is 0 Å². The van der Waals surface area contributed by atoms with E-state index in [1.54, 1.807) is 6.07 Å². The number of hydrogen-bond acceptors (Lipinski definition) is 6. The average Bonchev–Trinajstić information content (AvgIpc) is 2.66. The van der Waals surface area contributed by atoms with E-state index in [2.05, 4.69) is 0 Å². The van der Waals surface area contributed by atoms with Gasteiger partial charge in [0.1, 0.15) is 0 Å².